The van der Waals surface area contributed by atoms with Gasteiger partial charge in [0, 0.05) is 19.0 Å². The van der Waals surface area contributed by atoms with E-state index in [0.717, 1.165) is 6.29 Å². The van der Waals surface area contributed by atoms with Crippen LogP contribution in [0.2, 0.25) is 0 Å². The molecule has 0 radical (unpaired) electrons. The van der Waals surface area contributed by atoms with Crippen LogP contribution in [0.15, 0.2) is 0 Å². The molecule has 2 N–H and O–H groups in total. The van der Waals surface area contributed by atoms with Gasteiger partial charge in [0.1, 0.15) is 6.29 Å². The van der Waals surface area contributed by atoms with Crippen molar-refractivity contribution in [1.29, 1.82) is 0 Å². The Bertz CT molecular complexity index is 106. The molecule has 4 nitrogen and oxygen atoms in total. The molecular weight excluding hydrogens is 132 g/mol. The first-order chi connectivity index (χ1) is 4.85. The lowest BCUT2D eigenvalue weighted by atomic mass is 10.2. The Labute approximate surface area is 60.0 Å². The van der Waals surface area contributed by atoms with E-state index in [1.54, 1.807) is 7.05 Å². The molecule has 10 heavy (non-hydrogen) atoms. The fourth-order valence-electron chi connectivity index (χ4n) is 0.630. The minimum atomic E-state index is -0.116. The van der Waals surface area contributed by atoms with Crippen LogP contribution in [0, 0.1) is 5.92 Å². The van der Waals surface area contributed by atoms with Crippen molar-refractivity contribution in [2.24, 2.45) is 5.92 Å². The first kappa shape index (κ1) is 9.10. The summed E-state index contributed by atoms with van der Waals surface area (Å²) in [5, 5.41) is 5.27. The molecule has 1 unspecified atom stereocenters. The zero-order valence-corrected chi connectivity index (χ0v) is 5.96. The monoisotopic (exact) mass is 144 g/mol. The van der Waals surface area contributed by atoms with Gasteiger partial charge >= 0.3 is 0 Å². The first-order valence-electron chi connectivity index (χ1n) is 3.12. The Balaban J connectivity index is 3.38. The minimum absolute atomic E-state index is 0.116. The maximum absolute atomic E-state index is 10.2. The molecule has 0 saturated heterocycles. The van der Waals surface area contributed by atoms with Gasteiger partial charge in [-0.15, -0.1) is 0 Å². The quantitative estimate of drug-likeness (QED) is 0.459. The van der Waals surface area contributed by atoms with Gasteiger partial charge in [0.15, 0.2) is 0 Å². The second-order valence-electron chi connectivity index (χ2n) is 1.98. The summed E-state index contributed by atoms with van der Waals surface area (Å²) in [6.45, 7) is 1.01. The van der Waals surface area contributed by atoms with Gasteiger partial charge in [-0.25, -0.2) is 0 Å². The smallest absolute Gasteiger partial charge is 0.207 e. The molecule has 0 aromatic carbocycles. The molecule has 0 bridgehead atoms. The molecule has 0 spiro atoms. The van der Waals surface area contributed by atoms with E-state index in [1.165, 1.54) is 0 Å². The highest BCUT2D eigenvalue weighted by molar-refractivity contribution is 5.55. The van der Waals surface area contributed by atoms with Gasteiger partial charge in [0.25, 0.3) is 0 Å². The van der Waals surface area contributed by atoms with Crippen LogP contribution in [-0.2, 0) is 9.59 Å². The summed E-state index contributed by atoms with van der Waals surface area (Å²) < 4.78 is 0. The van der Waals surface area contributed by atoms with Gasteiger partial charge in [-0.3, -0.25) is 4.79 Å². The molecule has 0 fully saturated rings. The Morgan fingerprint density at radius 2 is 2.10 bits per heavy atom. The number of aldehydes is 1. The molecule has 58 valence electrons. The normalized spacial score (nSPS) is 12.1. The van der Waals surface area contributed by atoms with Gasteiger partial charge in [0.05, 0.1) is 0 Å². The maximum atomic E-state index is 10.2. The highest BCUT2D eigenvalue weighted by atomic mass is 16.1. The van der Waals surface area contributed by atoms with Crippen LogP contribution in [0.5, 0.6) is 0 Å². The van der Waals surface area contributed by atoms with E-state index in [9.17, 15) is 9.59 Å². The second kappa shape index (κ2) is 6.22. The fourth-order valence-corrected chi connectivity index (χ4v) is 0.630. The predicted molar refractivity (Wildman–Crippen MR) is 37.5 cm³/mol. The largest absolute Gasteiger partial charge is 0.358 e. The fraction of sp³-hybridized carbons (Fsp3) is 0.667. The Morgan fingerprint density at radius 3 is 2.50 bits per heavy atom. The van der Waals surface area contributed by atoms with Crippen molar-refractivity contribution in [1.82, 2.24) is 10.6 Å². The number of hydrogen-bond donors (Lipinski definition) is 2. The third kappa shape index (κ3) is 4.03. The van der Waals surface area contributed by atoms with Gasteiger partial charge in [0.2, 0.25) is 6.41 Å². The van der Waals surface area contributed by atoms with Crippen molar-refractivity contribution in [3.05, 3.63) is 0 Å². The van der Waals surface area contributed by atoms with E-state index < -0.39 is 0 Å². The highest BCUT2D eigenvalue weighted by Gasteiger charge is 2.03. The van der Waals surface area contributed by atoms with Gasteiger partial charge in [-0.2, -0.15) is 0 Å². The number of rotatable bonds is 6. The Morgan fingerprint density at radius 1 is 1.40 bits per heavy atom. The first-order valence-corrected chi connectivity index (χ1v) is 3.12. The predicted octanol–water partition coefficient (Wildman–Crippen LogP) is -1.23. The molecule has 1 amide bonds. The van der Waals surface area contributed by atoms with E-state index >= 15 is 0 Å². The molecule has 0 aliphatic rings. The van der Waals surface area contributed by atoms with Crippen LogP contribution in [0.1, 0.15) is 0 Å². The number of amides is 1. The Kier molecular flexibility index (Phi) is 5.66. The van der Waals surface area contributed by atoms with E-state index in [1.807, 2.05) is 0 Å². The average Bonchev–Trinajstić information content (AvgIpc) is 1.98. The summed E-state index contributed by atoms with van der Waals surface area (Å²) >= 11 is 0. The van der Waals surface area contributed by atoms with Crippen molar-refractivity contribution in [3.63, 3.8) is 0 Å². The van der Waals surface area contributed by atoms with Gasteiger partial charge < -0.3 is 15.4 Å². The van der Waals surface area contributed by atoms with Gasteiger partial charge in [-0.05, 0) is 7.05 Å². The number of hydrogen-bond acceptors (Lipinski definition) is 3. The van der Waals surface area contributed by atoms with E-state index in [2.05, 4.69) is 10.6 Å². The zero-order chi connectivity index (χ0) is 7.82. The summed E-state index contributed by atoms with van der Waals surface area (Å²) in [4.78, 5) is 20.0. The van der Waals surface area contributed by atoms with Crippen LogP contribution in [0.25, 0.3) is 0 Å². The lowest BCUT2D eigenvalue weighted by molar-refractivity contribution is -0.111. The van der Waals surface area contributed by atoms with Crippen LogP contribution >= 0.6 is 0 Å². The molecule has 0 rings (SSSR count). The van der Waals surface area contributed by atoms with Gasteiger partial charge in [-0.1, -0.05) is 0 Å². The molecule has 0 saturated carbocycles. The van der Waals surface area contributed by atoms with Crippen molar-refractivity contribution in [2.75, 3.05) is 20.1 Å². The van der Waals surface area contributed by atoms with Crippen molar-refractivity contribution >= 4 is 12.7 Å². The Hall–Kier alpha value is -0.900. The number of carbonyl (C=O) groups excluding carboxylic acids is 2. The molecule has 4 heteroatoms. The lowest BCUT2D eigenvalue weighted by Gasteiger charge is -2.06. The molecular formula is C6H12N2O2. The topological polar surface area (TPSA) is 58.2 Å². The van der Waals surface area contributed by atoms with E-state index in [4.69, 9.17) is 0 Å². The minimum Gasteiger partial charge on any atom is -0.358 e. The lowest BCUT2D eigenvalue weighted by Crippen LogP contribution is -2.29. The summed E-state index contributed by atoms with van der Waals surface area (Å²) in [6.07, 6.45) is 1.42. The van der Waals surface area contributed by atoms with Crippen molar-refractivity contribution in [2.45, 2.75) is 0 Å². The molecule has 0 aliphatic carbocycles. The van der Waals surface area contributed by atoms with Crippen molar-refractivity contribution < 1.29 is 9.59 Å². The molecule has 0 aromatic rings. The molecule has 0 aromatic heterocycles. The summed E-state index contributed by atoms with van der Waals surface area (Å²) in [7, 11) is 1.76. The van der Waals surface area contributed by atoms with Crippen LogP contribution < -0.4 is 10.6 Å². The number of carbonyl (C=O) groups is 2. The summed E-state index contributed by atoms with van der Waals surface area (Å²) in [6, 6.07) is 0. The summed E-state index contributed by atoms with van der Waals surface area (Å²) in [5.74, 6) is -0.116. The summed E-state index contributed by atoms with van der Waals surface area (Å²) in [5.41, 5.74) is 0. The van der Waals surface area contributed by atoms with Crippen LogP contribution in [0.3, 0.4) is 0 Å². The SMILES string of the molecule is CNCC(C=O)CNC=O. The highest BCUT2D eigenvalue weighted by Crippen LogP contribution is 1.84. The molecule has 1 atom stereocenters. The number of nitrogens with one attached hydrogen (secondary N) is 2. The second-order valence-corrected chi connectivity index (χ2v) is 1.98. The zero-order valence-electron chi connectivity index (χ0n) is 5.96. The van der Waals surface area contributed by atoms with Crippen molar-refractivity contribution in [3.8, 4) is 0 Å². The van der Waals surface area contributed by atoms with E-state index in [-0.39, 0.29) is 5.92 Å². The van der Waals surface area contributed by atoms with Crippen LogP contribution in [-0.4, -0.2) is 32.8 Å². The average molecular weight is 144 g/mol. The van der Waals surface area contributed by atoms with Crippen LogP contribution in [0.4, 0.5) is 0 Å². The third-order valence-corrected chi connectivity index (χ3v) is 1.12. The standard InChI is InChI=1S/C6H12N2O2/c1-7-2-6(4-9)3-8-5-10/h4-7H,2-3H2,1H3,(H,8,10). The van der Waals surface area contributed by atoms with E-state index in [0.29, 0.717) is 19.5 Å². The molecule has 0 heterocycles. The maximum Gasteiger partial charge on any atom is 0.207 e. The molecule has 0 aliphatic heterocycles. The third-order valence-electron chi connectivity index (χ3n) is 1.12.